The molecule has 2 saturated heterocycles. The Kier molecular flexibility index (Phi) is 6.47. The summed E-state index contributed by atoms with van der Waals surface area (Å²) in [5.74, 6) is 0.362. The second kappa shape index (κ2) is 9.42. The summed E-state index contributed by atoms with van der Waals surface area (Å²) in [5, 5.41) is 0.562. The van der Waals surface area contributed by atoms with Crippen molar-refractivity contribution in [1.29, 1.82) is 0 Å². The zero-order valence-corrected chi connectivity index (χ0v) is 17.8. The maximum atomic E-state index is 12.7. The molecule has 4 heterocycles. The third-order valence-corrected chi connectivity index (χ3v) is 6.42. The molecule has 0 bridgehead atoms. The molecule has 0 aromatic carbocycles. The molecule has 0 aliphatic carbocycles. The summed E-state index contributed by atoms with van der Waals surface area (Å²) in [7, 11) is 0. The molecule has 2 amide bonds. The van der Waals surface area contributed by atoms with Crippen LogP contribution in [0.15, 0.2) is 41.8 Å². The van der Waals surface area contributed by atoms with Crippen molar-refractivity contribution < 1.29 is 14.3 Å². The summed E-state index contributed by atoms with van der Waals surface area (Å²) in [5.41, 5.74) is 1.52. The molecule has 8 nitrogen and oxygen atoms in total. The Labute approximate surface area is 180 Å². The molecule has 9 heteroatoms. The average Bonchev–Trinajstić information content (AvgIpc) is 3.19. The summed E-state index contributed by atoms with van der Waals surface area (Å²) >= 11 is 1.34. The minimum absolute atomic E-state index is 0.0707. The first-order chi connectivity index (χ1) is 14.7. The molecule has 30 heavy (non-hydrogen) atoms. The van der Waals surface area contributed by atoms with E-state index in [1.165, 1.54) is 11.8 Å². The second-order valence-electron chi connectivity index (χ2n) is 7.39. The zero-order valence-electron chi connectivity index (χ0n) is 16.9. The van der Waals surface area contributed by atoms with E-state index in [2.05, 4.69) is 21.9 Å². The van der Waals surface area contributed by atoms with Crippen molar-refractivity contribution in [1.82, 2.24) is 24.8 Å². The van der Waals surface area contributed by atoms with Gasteiger partial charge in [-0.25, -0.2) is 14.8 Å². The zero-order chi connectivity index (χ0) is 20.9. The molecule has 0 saturated carbocycles. The fourth-order valence-electron chi connectivity index (χ4n) is 3.91. The molecular weight excluding hydrogens is 402 g/mol. The first-order valence-corrected chi connectivity index (χ1v) is 11.2. The number of ether oxygens (including phenoxy) is 1. The standard InChI is InChI=1S/C21H25N5O3S/c1-2-15-13-29-21(28)26(15)16-7-11-25(12-8-16)19(27)14-30-20-23-10-6-18(24-20)17-5-3-4-9-22-17/h3-6,9-10,15-16H,2,7-8,11-14H2,1H3. The lowest BCUT2D eigenvalue weighted by Crippen LogP contribution is -2.50. The van der Waals surface area contributed by atoms with Gasteiger partial charge < -0.3 is 9.64 Å². The van der Waals surface area contributed by atoms with E-state index in [1.54, 1.807) is 12.4 Å². The molecular formula is C21H25N5O3S. The minimum atomic E-state index is -0.216. The van der Waals surface area contributed by atoms with Gasteiger partial charge in [0.1, 0.15) is 6.61 Å². The molecule has 2 fully saturated rings. The molecule has 2 aromatic heterocycles. The van der Waals surface area contributed by atoms with Crippen molar-refractivity contribution in [3.05, 3.63) is 36.7 Å². The fraction of sp³-hybridized carbons (Fsp3) is 0.476. The van der Waals surface area contributed by atoms with Crippen molar-refractivity contribution in [2.45, 2.75) is 43.4 Å². The predicted molar refractivity (Wildman–Crippen MR) is 113 cm³/mol. The van der Waals surface area contributed by atoms with Crippen LogP contribution in [0, 0.1) is 0 Å². The number of hydrogen-bond donors (Lipinski definition) is 0. The molecule has 2 aliphatic heterocycles. The summed E-state index contributed by atoms with van der Waals surface area (Å²) in [6.45, 7) is 3.85. The Hall–Kier alpha value is -2.68. The van der Waals surface area contributed by atoms with Gasteiger partial charge in [-0.1, -0.05) is 24.8 Å². The number of amides is 2. The highest BCUT2D eigenvalue weighted by Crippen LogP contribution is 2.26. The van der Waals surface area contributed by atoms with Crippen LogP contribution in [0.3, 0.4) is 0 Å². The van der Waals surface area contributed by atoms with E-state index in [0.717, 1.165) is 30.7 Å². The van der Waals surface area contributed by atoms with Gasteiger partial charge in [0, 0.05) is 31.5 Å². The molecule has 2 aliphatic rings. The quantitative estimate of drug-likeness (QED) is 0.517. The molecule has 1 unspecified atom stereocenters. The van der Waals surface area contributed by atoms with Crippen LogP contribution in [0.2, 0.25) is 0 Å². The van der Waals surface area contributed by atoms with E-state index in [4.69, 9.17) is 4.74 Å². The highest BCUT2D eigenvalue weighted by Gasteiger charge is 2.38. The van der Waals surface area contributed by atoms with Crippen LogP contribution in [0.4, 0.5) is 4.79 Å². The molecule has 0 spiro atoms. The number of pyridine rings is 1. The number of nitrogens with zero attached hydrogens (tertiary/aromatic N) is 5. The van der Waals surface area contributed by atoms with Gasteiger partial charge >= 0.3 is 6.09 Å². The van der Waals surface area contributed by atoms with Crippen LogP contribution in [0.1, 0.15) is 26.2 Å². The Balaban J connectivity index is 1.29. The van der Waals surface area contributed by atoms with Gasteiger partial charge in [-0.15, -0.1) is 0 Å². The number of carbonyl (C=O) groups excluding carboxylic acids is 2. The first kappa shape index (κ1) is 20.6. The molecule has 4 rings (SSSR count). The molecule has 0 N–H and O–H groups in total. The van der Waals surface area contributed by atoms with E-state index < -0.39 is 0 Å². The fourth-order valence-corrected chi connectivity index (χ4v) is 4.64. The molecule has 158 valence electrons. The molecule has 0 radical (unpaired) electrons. The van der Waals surface area contributed by atoms with Gasteiger partial charge in [0.05, 0.1) is 23.2 Å². The summed E-state index contributed by atoms with van der Waals surface area (Å²) in [6, 6.07) is 7.78. The summed E-state index contributed by atoms with van der Waals surface area (Å²) in [4.78, 5) is 41.6. The first-order valence-electron chi connectivity index (χ1n) is 10.3. The van der Waals surface area contributed by atoms with Gasteiger partial charge in [0.25, 0.3) is 0 Å². The van der Waals surface area contributed by atoms with E-state index in [-0.39, 0.29) is 24.1 Å². The Bertz CT molecular complexity index is 889. The lowest BCUT2D eigenvalue weighted by atomic mass is 10.0. The van der Waals surface area contributed by atoms with Crippen LogP contribution < -0.4 is 0 Å². The van der Waals surface area contributed by atoms with E-state index in [1.807, 2.05) is 34.1 Å². The molecule has 1 atom stereocenters. The second-order valence-corrected chi connectivity index (χ2v) is 8.33. The monoisotopic (exact) mass is 427 g/mol. The number of hydrogen-bond acceptors (Lipinski definition) is 7. The van der Waals surface area contributed by atoms with Crippen molar-refractivity contribution >= 4 is 23.8 Å². The number of piperidine rings is 1. The highest BCUT2D eigenvalue weighted by atomic mass is 32.2. The van der Waals surface area contributed by atoms with Crippen molar-refractivity contribution in [3.8, 4) is 11.4 Å². The van der Waals surface area contributed by atoms with E-state index in [9.17, 15) is 9.59 Å². The highest BCUT2D eigenvalue weighted by molar-refractivity contribution is 7.99. The van der Waals surface area contributed by atoms with Crippen LogP contribution >= 0.6 is 11.8 Å². The summed E-state index contributed by atoms with van der Waals surface area (Å²) < 4.78 is 5.21. The minimum Gasteiger partial charge on any atom is -0.447 e. The summed E-state index contributed by atoms with van der Waals surface area (Å²) in [6.07, 6.45) is 5.66. The third-order valence-electron chi connectivity index (χ3n) is 5.57. The number of carbonyl (C=O) groups is 2. The number of thioether (sulfide) groups is 1. The number of rotatable bonds is 6. The van der Waals surface area contributed by atoms with Crippen LogP contribution in [0.25, 0.3) is 11.4 Å². The van der Waals surface area contributed by atoms with Crippen molar-refractivity contribution in [2.75, 3.05) is 25.4 Å². The van der Waals surface area contributed by atoms with Gasteiger partial charge in [0.2, 0.25) is 5.91 Å². The normalized spacial score (nSPS) is 19.8. The maximum Gasteiger partial charge on any atom is 0.410 e. The topological polar surface area (TPSA) is 88.5 Å². The number of likely N-dealkylation sites (tertiary alicyclic amines) is 1. The SMILES string of the molecule is CCC1COC(=O)N1C1CCN(C(=O)CSc2nccc(-c3ccccn3)n2)CC1. The van der Waals surface area contributed by atoms with Crippen LogP contribution in [-0.4, -0.2) is 74.3 Å². The van der Waals surface area contributed by atoms with Crippen molar-refractivity contribution in [2.24, 2.45) is 0 Å². The molecule has 2 aromatic rings. The maximum absolute atomic E-state index is 12.7. The Morgan fingerprint density at radius 3 is 2.73 bits per heavy atom. The van der Waals surface area contributed by atoms with Gasteiger partial charge in [-0.3, -0.25) is 14.7 Å². The lowest BCUT2D eigenvalue weighted by Gasteiger charge is -2.37. The Morgan fingerprint density at radius 1 is 1.17 bits per heavy atom. The smallest absolute Gasteiger partial charge is 0.410 e. The van der Waals surface area contributed by atoms with Crippen LogP contribution in [0.5, 0.6) is 0 Å². The van der Waals surface area contributed by atoms with Gasteiger partial charge in [0.15, 0.2) is 5.16 Å². The Morgan fingerprint density at radius 2 is 2.00 bits per heavy atom. The van der Waals surface area contributed by atoms with Crippen LogP contribution in [-0.2, 0) is 9.53 Å². The third kappa shape index (κ3) is 4.56. The number of cyclic esters (lactones) is 1. The number of aromatic nitrogens is 3. The average molecular weight is 428 g/mol. The van der Waals surface area contributed by atoms with Gasteiger partial charge in [-0.2, -0.15) is 0 Å². The largest absolute Gasteiger partial charge is 0.447 e. The van der Waals surface area contributed by atoms with Crippen molar-refractivity contribution in [3.63, 3.8) is 0 Å². The lowest BCUT2D eigenvalue weighted by molar-refractivity contribution is -0.129. The van der Waals surface area contributed by atoms with E-state index >= 15 is 0 Å². The van der Waals surface area contributed by atoms with Gasteiger partial charge in [-0.05, 0) is 37.5 Å². The van der Waals surface area contributed by atoms with E-state index in [0.29, 0.717) is 30.6 Å². The predicted octanol–water partition coefficient (Wildman–Crippen LogP) is 2.85.